The zero-order chi connectivity index (χ0) is 19.5. The third kappa shape index (κ3) is 4.53. The molecule has 1 atom stereocenters. The molecule has 1 fully saturated rings. The summed E-state index contributed by atoms with van der Waals surface area (Å²) in [5, 5.41) is 9.27. The van der Waals surface area contributed by atoms with Crippen molar-refractivity contribution in [2.75, 3.05) is 12.4 Å². The summed E-state index contributed by atoms with van der Waals surface area (Å²) >= 11 is 6.17. The van der Waals surface area contributed by atoms with E-state index in [0.29, 0.717) is 22.4 Å². The van der Waals surface area contributed by atoms with Crippen molar-refractivity contribution in [1.29, 1.82) is 0 Å². The van der Waals surface area contributed by atoms with Crippen molar-refractivity contribution < 1.29 is 13.9 Å². The molecule has 0 saturated carbocycles. The normalized spacial score (nSPS) is 16.6. The first-order valence-electron chi connectivity index (χ1n) is 8.82. The molecular weight excluding hydrogens is 465 g/mol. The largest absolute Gasteiger partial charge is 0.376 e. The monoisotopic (exact) mass is 481 g/mol. The van der Waals surface area contributed by atoms with E-state index in [1.165, 1.54) is 35.2 Å². The SMILES string of the molecule is O=C(CSc1nnc(-c2ccc(F)cc2)n1C[C@H]1CCCO1)c1ccc(Br)s1. The summed E-state index contributed by atoms with van der Waals surface area (Å²) in [5.74, 6) is 0.691. The molecule has 28 heavy (non-hydrogen) atoms. The van der Waals surface area contributed by atoms with E-state index in [-0.39, 0.29) is 23.5 Å². The van der Waals surface area contributed by atoms with Crippen LogP contribution in [0.1, 0.15) is 22.5 Å². The van der Waals surface area contributed by atoms with Crippen LogP contribution >= 0.6 is 39.0 Å². The second kappa shape index (κ2) is 8.86. The van der Waals surface area contributed by atoms with Crippen LogP contribution in [0.5, 0.6) is 0 Å². The number of rotatable bonds is 7. The molecule has 0 unspecified atom stereocenters. The molecule has 0 radical (unpaired) electrons. The fourth-order valence-corrected chi connectivity index (χ4v) is 5.28. The average molecular weight is 482 g/mol. The summed E-state index contributed by atoms with van der Waals surface area (Å²) in [7, 11) is 0. The Morgan fingerprint density at radius 1 is 1.29 bits per heavy atom. The number of ether oxygens (including phenoxy) is 1. The summed E-state index contributed by atoms with van der Waals surface area (Å²) in [6.07, 6.45) is 2.11. The van der Waals surface area contributed by atoms with Crippen molar-refractivity contribution >= 4 is 44.8 Å². The smallest absolute Gasteiger partial charge is 0.192 e. The maximum absolute atomic E-state index is 13.3. The first-order chi connectivity index (χ1) is 13.6. The van der Waals surface area contributed by atoms with Gasteiger partial charge in [0.1, 0.15) is 5.82 Å². The average Bonchev–Trinajstić information content (AvgIpc) is 3.43. The molecule has 0 aliphatic carbocycles. The summed E-state index contributed by atoms with van der Waals surface area (Å²) in [5.41, 5.74) is 0.785. The van der Waals surface area contributed by atoms with Gasteiger partial charge in [-0.15, -0.1) is 21.5 Å². The number of thiophene rings is 1. The van der Waals surface area contributed by atoms with Crippen LogP contribution in [-0.2, 0) is 11.3 Å². The number of Topliss-reactive ketones (excluding diaryl/α,β-unsaturated/α-hetero) is 1. The first kappa shape index (κ1) is 19.8. The van der Waals surface area contributed by atoms with Gasteiger partial charge in [-0.1, -0.05) is 11.8 Å². The number of hydrogen-bond donors (Lipinski definition) is 0. The first-order valence-corrected chi connectivity index (χ1v) is 11.4. The highest BCUT2D eigenvalue weighted by molar-refractivity contribution is 9.11. The van der Waals surface area contributed by atoms with Gasteiger partial charge in [-0.25, -0.2) is 4.39 Å². The molecule has 0 amide bonds. The molecule has 3 aromatic rings. The van der Waals surface area contributed by atoms with E-state index in [1.807, 2.05) is 16.7 Å². The van der Waals surface area contributed by atoms with Gasteiger partial charge < -0.3 is 4.74 Å². The minimum absolute atomic E-state index is 0.0516. The molecule has 2 aromatic heterocycles. The summed E-state index contributed by atoms with van der Waals surface area (Å²) in [4.78, 5) is 13.2. The Bertz CT molecular complexity index is 968. The molecule has 1 aliphatic heterocycles. The number of thioether (sulfide) groups is 1. The Labute approximate surface area is 178 Å². The predicted molar refractivity (Wildman–Crippen MR) is 111 cm³/mol. The van der Waals surface area contributed by atoms with Crippen LogP contribution in [0.15, 0.2) is 45.3 Å². The van der Waals surface area contributed by atoms with E-state index in [9.17, 15) is 9.18 Å². The molecule has 1 saturated heterocycles. The van der Waals surface area contributed by atoms with Gasteiger partial charge in [0.2, 0.25) is 0 Å². The van der Waals surface area contributed by atoms with Crippen LogP contribution in [0.2, 0.25) is 0 Å². The molecule has 9 heteroatoms. The quantitative estimate of drug-likeness (QED) is 0.348. The number of ketones is 1. The molecule has 3 heterocycles. The number of halogens is 2. The van der Waals surface area contributed by atoms with Crippen molar-refractivity contribution in [3.8, 4) is 11.4 Å². The molecule has 1 aromatic carbocycles. The Hall–Kier alpha value is -1.55. The van der Waals surface area contributed by atoms with Gasteiger partial charge in [-0.2, -0.15) is 0 Å². The fraction of sp³-hybridized carbons (Fsp3) is 0.316. The minimum atomic E-state index is -0.295. The third-order valence-electron chi connectivity index (χ3n) is 4.41. The Morgan fingerprint density at radius 3 is 2.79 bits per heavy atom. The number of hydrogen-bond acceptors (Lipinski definition) is 6. The maximum Gasteiger partial charge on any atom is 0.192 e. The Kier molecular flexibility index (Phi) is 6.25. The van der Waals surface area contributed by atoms with E-state index in [2.05, 4.69) is 26.1 Å². The lowest BCUT2D eigenvalue weighted by Crippen LogP contribution is -2.17. The molecule has 5 nitrogen and oxygen atoms in total. The number of carbonyl (C=O) groups excluding carboxylic acids is 1. The topological polar surface area (TPSA) is 57.0 Å². The van der Waals surface area contributed by atoms with Gasteiger partial charge in [0.05, 0.1) is 27.1 Å². The van der Waals surface area contributed by atoms with E-state index in [1.54, 1.807) is 12.1 Å². The lowest BCUT2D eigenvalue weighted by molar-refractivity contribution is 0.0953. The summed E-state index contributed by atoms with van der Waals surface area (Å²) < 4.78 is 22.0. The van der Waals surface area contributed by atoms with Crippen LogP contribution in [0.4, 0.5) is 4.39 Å². The Morgan fingerprint density at radius 2 is 2.11 bits per heavy atom. The van der Waals surface area contributed by atoms with Gasteiger partial charge in [0.15, 0.2) is 16.8 Å². The fourth-order valence-electron chi connectivity index (χ4n) is 3.03. The standard InChI is InChI=1S/C19H17BrFN3O2S2/c20-17-8-7-16(28-17)15(25)11-27-19-23-22-18(12-3-5-13(21)6-4-12)24(19)10-14-2-1-9-26-14/h3-8,14H,1-2,9-11H2/t14-/m1/s1. The van der Waals surface area contributed by atoms with Gasteiger partial charge in [-0.3, -0.25) is 9.36 Å². The lowest BCUT2D eigenvalue weighted by atomic mass is 10.2. The third-order valence-corrected chi connectivity index (χ3v) is 7.04. The van der Waals surface area contributed by atoms with E-state index in [4.69, 9.17) is 4.74 Å². The molecule has 0 N–H and O–H groups in total. The lowest BCUT2D eigenvalue weighted by Gasteiger charge is -2.14. The van der Waals surface area contributed by atoms with Gasteiger partial charge in [0, 0.05) is 12.2 Å². The zero-order valence-electron chi connectivity index (χ0n) is 14.8. The van der Waals surface area contributed by atoms with Gasteiger partial charge >= 0.3 is 0 Å². The molecule has 1 aliphatic rings. The Balaban J connectivity index is 1.56. The highest BCUT2D eigenvalue weighted by Crippen LogP contribution is 2.28. The van der Waals surface area contributed by atoms with Crippen LogP contribution in [0, 0.1) is 5.82 Å². The number of nitrogens with zero attached hydrogens (tertiary/aromatic N) is 3. The van der Waals surface area contributed by atoms with Crippen LogP contribution < -0.4 is 0 Å². The predicted octanol–water partition coefficient (Wildman–Crippen LogP) is 5.06. The van der Waals surface area contributed by atoms with Gasteiger partial charge in [0.25, 0.3) is 0 Å². The van der Waals surface area contributed by atoms with Crippen molar-refractivity contribution in [1.82, 2.24) is 14.8 Å². The molecule has 0 spiro atoms. The van der Waals surface area contributed by atoms with E-state index in [0.717, 1.165) is 28.8 Å². The number of aromatic nitrogens is 3. The van der Waals surface area contributed by atoms with E-state index >= 15 is 0 Å². The van der Waals surface area contributed by atoms with E-state index < -0.39 is 0 Å². The zero-order valence-corrected chi connectivity index (χ0v) is 18.0. The number of benzene rings is 1. The number of carbonyl (C=O) groups is 1. The highest BCUT2D eigenvalue weighted by atomic mass is 79.9. The minimum Gasteiger partial charge on any atom is -0.376 e. The van der Waals surface area contributed by atoms with Crippen molar-refractivity contribution in [2.45, 2.75) is 30.6 Å². The van der Waals surface area contributed by atoms with Crippen molar-refractivity contribution in [3.05, 3.63) is 50.9 Å². The highest BCUT2D eigenvalue weighted by Gasteiger charge is 2.22. The second-order valence-corrected chi connectivity index (χ2v) is 9.78. The van der Waals surface area contributed by atoms with Crippen LogP contribution in [0.25, 0.3) is 11.4 Å². The maximum atomic E-state index is 13.3. The van der Waals surface area contributed by atoms with Crippen LogP contribution in [-0.4, -0.2) is 39.0 Å². The summed E-state index contributed by atoms with van der Waals surface area (Å²) in [6.45, 7) is 1.37. The molecule has 146 valence electrons. The van der Waals surface area contributed by atoms with Crippen molar-refractivity contribution in [2.24, 2.45) is 0 Å². The van der Waals surface area contributed by atoms with Crippen molar-refractivity contribution in [3.63, 3.8) is 0 Å². The molecular formula is C19H17BrFN3O2S2. The van der Waals surface area contributed by atoms with Gasteiger partial charge in [-0.05, 0) is 65.2 Å². The molecule has 4 rings (SSSR count). The molecule has 0 bridgehead atoms. The van der Waals surface area contributed by atoms with Crippen LogP contribution in [0.3, 0.4) is 0 Å². The summed E-state index contributed by atoms with van der Waals surface area (Å²) in [6, 6.07) is 9.88. The second-order valence-electron chi connectivity index (χ2n) is 6.37.